The first kappa shape index (κ1) is 17.2. The standard InChI is InChI=1S/C14H27N3O2S/c1-11(2)6-7-16(5)20(18,19)14-8-13(9-15)17(10-14)12(3)4/h8,10-12H,6-7,9,15H2,1-5H3. The lowest BCUT2D eigenvalue weighted by Crippen LogP contribution is -2.28. The first-order chi connectivity index (χ1) is 9.20. The van der Waals surface area contributed by atoms with Gasteiger partial charge in [-0.1, -0.05) is 13.8 Å². The minimum Gasteiger partial charge on any atom is -0.346 e. The number of nitrogens with zero attached hydrogens (tertiary/aromatic N) is 2. The van der Waals surface area contributed by atoms with Gasteiger partial charge in [-0.15, -0.1) is 0 Å². The Bertz CT molecular complexity index is 533. The molecule has 0 bridgehead atoms. The molecule has 0 aliphatic carbocycles. The summed E-state index contributed by atoms with van der Waals surface area (Å²) in [6.45, 7) is 9.06. The number of sulfonamides is 1. The Labute approximate surface area is 122 Å². The predicted octanol–water partition coefficient (Wildman–Crippen LogP) is 2.19. The van der Waals surface area contributed by atoms with Crippen molar-refractivity contribution in [2.45, 2.75) is 51.6 Å². The second-order valence-electron chi connectivity index (χ2n) is 5.88. The van der Waals surface area contributed by atoms with Crippen molar-refractivity contribution in [2.24, 2.45) is 11.7 Å². The van der Waals surface area contributed by atoms with Gasteiger partial charge in [0.05, 0.1) is 0 Å². The molecule has 5 nitrogen and oxygen atoms in total. The third kappa shape index (κ3) is 3.84. The van der Waals surface area contributed by atoms with Gasteiger partial charge in [0.1, 0.15) is 4.90 Å². The van der Waals surface area contributed by atoms with E-state index >= 15 is 0 Å². The molecule has 116 valence electrons. The summed E-state index contributed by atoms with van der Waals surface area (Å²) in [5.74, 6) is 0.479. The van der Waals surface area contributed by atoms with Gasteiger partial charge in [0.25, 0.3) is 0 Å². The van der Waals surface area contributed by atoms with Crippen molar-refractivity contribution in [3.63, 3.8) is 0 Å². The molecule has 0 saturated carbocycles. The summed E-state index contributed by atoms with van der Waals surface area (Å²) in [6.07, 6.45) is 2.54. The van der Waals surface area contributed by atoms with Crippen LogP contribution in [0.5, 0.6) is 0 Å². The van der Waals surface area contributed by atoms with E-state index in [1.165, 1.54) is 4.31 Å². The van der Waals surface area contributed by atoms with E-state index in [0.29, 0.717) is 23.9 Å². The maximum absolute atomic E-state index is 12.5. The van der Waals surface area contributed by atoms with E-state index in [-0.39, 0.29) is 6.04 Å². The van der Waals surface area contributed by atoms with Crippen molar-refractivity contribution >= 4 is 10.0 Å². The van der Waals surface area contributed by atoms with Crippen LogP contribution in [-0.2, 0) is 16.6 Å². The van der Waals surface area contributed by atoms with Crippen molar-refractivity contribution in [1.29, 1.82) is 0 Å². The number of hydrogen-bond acceptors (Lipinski definition) is 3. The quantitative estimate of drug-likeness (QED) is 0.839. The zero-order valence-corrected chi connectivity index (χ0v) is 13.9. The van der Waals surface area contributed by atoms with Crippen LogP contribution in [-0.4, -0.2) is 30.9 Å². The van der Waals surface area contributed by atoms with E-state index in [9.17, 15) is 8.42 Å². The number of aromatic nitrogens is 1. The molecule has 20 heavy (non-hydrogen) atoms. The van der Waals surface area contributed by atoms with Gasteiger partial charge in [0.2, 0.25) is 10.0 Å². The van der Waals surface area contributed by atoms with Crippen LogP contribution in [0.2, 0.25) is 0 Å². The van der Waals surface area contributed by atoms with E-state index in [2.05, 4.69) is 13.8 Å². The molecule has 2 N–H and O–H groups in total. The molecule has 1 aromatic heterocycles. The summed E-state index contributed by atoms with van der Waals surface area (Å²) in [5.41, 5.74) is 6.53. The van der Waals surface area contributed by atoms with Crippen molar-refractivity contribution < 1.29 is 8.42 Å². The average molecular weight is 301 g/mol. The molecule has 0 amide bonds. The van der Waals surface area contributed by atoms with Crippen molar-refractivity contribution in [2.75, 3.05) is 13.6 Å². The van der Waals surface area contributed by atoms with Crippen molar-refractivity contribution in [3.8, 4) is 0 Å². The molecular weight excluding hydrogens is 274 g/mol. The van der Waals surface area contributed by atoms with Crippen LogP contribution in [0.3, 0.4) is 0 Å². The van der Waals surface area contributed by atoms with Crippen molar-refractivity contribution in [1.82, 2.24) is 8.87 Å². The van der Waals surface area contributed by atoms with Crippen LogP contribution in [0.25, 0.3) is 0 Å². The molecule has 1 heterocycles. The van der Waals surface area contributed by atoms with Gasteiger partial charge in [-0.25, -0.2) is 12.7 Å². The lowest BCUT2D eigenvalue weighted by Gasteiger charge is -2.17. The van der Waals surface area contributed by atoms with E-state index in [1.54, 1.807) is 19.3 Å². The summed E-state index contributed by atoms with van der Waals surface area (Å²) in [4.78, 5) is 0.331. The SMILES string of the molecule is CC(C)CCN(C)S(=O)(=O)c1cc(CN)n(C(C)C)c1. The Morgan fingerprint density at radius 2 is 1.90 bits per heavy atom. The summed E-state index contributed by atoms with van der Waals surface area (Å²) < 4.78 is 28.4. The molecule has 0 aliphatic rings. The zero-order valence-electron chi connectivity index (χ0n) is 13.1. The zero-order chi connectivity index (χ0) is 15.5. The van der Waals surface area contributed by atoms with Gasteiger partial charge < -0.3 is 10.3 Å². The molecule has 0 aromatic carbocycles. The van der Waals surface area contributed by atoms with Gasteiger partial charge >= 0.3 is 0 Å². The first-order valence-corrected chi connectivity index (χ1v) is 8.51. The Morgan fingerprint density at radius 3 is 2.30 bits per heavy atom. The molecule has 0 spiro atoms. The van der Waals surface area contributed by atoms with Gasteiger partial charge in [0, 0.05) is 38.1 Å². The van der Waals surface area contributed by atoms with E-state index < -0.39 is 10.0 Å². The Balaban J connectivity index is 3.03. The second kappa shape index (κ2) is 6.74. The number of rotatable bonds is 7. The highest BCUT2D eigenvalue weighted by atomic mass is 32.2. The van der Waals surface area contributed by atoms with Crippen LogP contribution in [0, 0.1) is 5.92 Å². The first-order valence-electron chi connectivity index (χ1n) is 7.07. The van der Waals surface area contributed by atoms with Gasteiger partial charge in [-0.05, 0) is 32.3 Å². The van der Waals surface area contributed by atoms with Crippen LogP contribution < -0.4 is 5.73 Å². The summed E-state index contributed by atoms with van der Waals surface area (Å²) in [6, 6.07) is 1.87. The summed E-state index contributed by atoms with van der Waals surface area (Å²) in [5, 5.41) is 0. The highest BCUT2D eigenvalue weighted by Gasteiger charge is 2.23. The van der Waals surface area contributed by atoms with Crippen LogP contribution in [0.15, 0.2) is 17.2 Å². The smallest absolute Gasteiger partial charge is 0.244 e. The molecular formula is C14H27N3O2S. The maximum atomic E-state index is 12.5. The topological polar surface area (TPSA) is 68.3 Å². The molecule has 0 unspecified atom stereocenters. The molecule has 6 heteroatoms. The van der Waals surface area contributed by atoms with Gasteiger partial charge in [-0.2, -0.15) is 0 Å². The fourth-order valence-electron chi connectivity index (χ4n) is 2.02. The summed E-state index contributed by atoms with van der Waals surface area (Å²) >= 11 is 0. The number of hydrogen-bond donors (Lipinski definition) is 1. The molecule has 1 rings (SSSR count). The fourth-order valence-corrected chi connectivity index (χ4v) is 3.26. The minimum absolute atomic E-state index is 0.193. The van der Waals surface area contributed by atoms with E-state index in [0.717, 1.165) is 12.1 Å². The second-order valence-corrected chi connectivity index (χ2v) is 7.93. The van der Waals surface area contributed by atoms with E-state index in [4.69, 9.17) is 5.73 Å². The molecule has 0 fully saturated rings. The van der Waals surface area contributed by atoms with Crippen LogP contribution in [0.4, 0.5) is 0 Å². The Morgan fingerprint density at radius 1 is 1.30 bits per heavy atom. The third-order valence-electron chi connectivity index (χ3n) is 3.40. The average Bonchev–Trinajstić information content (AvgIpc) is 2.80. The van der Waals surface area contributed by atoms with Gasteiger partial charge in [-0.3, -0.25) is 0 Å². The lowest BCUT2D eigenvalue weighted by atomic mass is 10.1. The fraction of sp³-hybridized carbons (Fsp3) is 0.714. The molecule has 0 aliphatic heterocycles. The Hall–Kier alpha value is -0.850. The minimum atomic E-state index is -3.42. The third-order valence-corrected chi connectivity index (χ3v) is 5.22. The summed E-state index contributed by atoms with van der Waals surface area (Å²) in [7, 11) is -1.79. The maximum Gasteiger partial charge on any atom is 0.244 e. The predicted molar refractivity (Wildman–Crippen MR) is 82.0 cm³/mol. The largest absolute Gasteiger partial charge is 0.346 e. The molecule has 0 atom stereocenters. The Kier molecular flexibility index (Phi) is 5.79. The molecule has 1 aromatic rings. The molecule has 0 saturated heterocycles. The number of nitrogens with two attached hydrogens (primary N) is 1. The normalized spacial score (nSPS) is 12.8. The highest BCUT2D eigenvalue weighted by molar-refractivity contribution is 7.89. The van der Waals surface area contributed by atoms with Crippen LogP contribution >= 0.6 is 0 Å². The monoisotopic (exact) mass is 301 g/mol. The highest BCUT2D eigenvalue weighted by Crippen LogP contribution is 2.21. The molecule has 0 radical (unpaired) electrons. The van der Waals surface area contributed by atoms with Gasteiger partial charge in [0.15, 0.2) is 0 Å². The van der Waals surface area contributed by atoms with Crippen molar-refractivity contribution in [3.05, 3.63) is 18.0 Å². The lowest BCUT2D eigenvalue weighted by molar-refractivity contribution is 0.428. The van der Waals surface area contributed by atoms with Crippen LogP contribution in [0.1, 0.15) is 45.9 Å². The van der Waals surface area contributed by atoms with E-state index in [1.807, 2.05) is 18.4 Å².